The van der Waals surface area contributed by atoms with Crippen LogP contribution in [0.2, 0.25) is 0 Å². The molecule has 3 amide bonds. The summed E-state index contributed by atoms with van der Waals surface area (Å²) in [5, 5.41) is 0. The van der Waals surface area contributed by atoms with Crippen molar-refractivity contribution in [3.63, 3.8) is 0 Å². The number of ketones is 5. The van der Waals surface area contributed by atoms with E-state index in [9.17, 15) is 64.7 Å². The molecule has 0 saturated heterocycles. The maximum Gasteiger partial charge on any atom is 0.417 e. The fourth-order valence-electron chi connectivity index (χ4n) is 20.0. The van der Waals surface area contributed by atoms with Gasteiger partial charge in [0.05, 0.1) is 65.4 Å². The number of rotatable bonds is 34. The number of methoxy groups -OCH3 is 1. The lowest BCUT2D eigenvalue weighted by molar-refractivity contribution is -0.138. The number of carbonyl (C=O) groups excluding carboxylic acids is 8. The van der Waals surface area contributed by atoms with Gasteiger partial charge in [0.2, 0.25) is 5.91 Å². The van der Waals surface area contributed by atoms with Gasteiger partial charge in [-0.05, 0) is 332 Å². The first-order valence-electron chi connectivity index (χ1n) is 50.1. The van der Waals surface area contributed by atoms with Crippen molar-refractivity contribution >= 4 is 46.6 Å². The Hall–Kier alpha value is -12.7. The van der Waals surface area contributed by atoms with Crippen molar-refractivity contribution < 1.29 is 93.1 Å². The van der Waals surface area contributed by atoms with E-state index < -0.39 is 46.8 Å². The number of aryl methyl sites for hydroxylation is 8. The molecule has 0 aromatic heterocycles. The second-order valence-electron chi connectivity index (χ2n) is 39.8. The largest absolute Gasteiger partial charge is 0.497 e. The van der Waals surface area contributed by atoms with Gasteiger partial charge in [0.15, 0.2) is 0 Å². The van der Waals surface area contributed by atoms with Crippen LogP contribution in [0, 0.1) is 85.0 Å². The molecule has 5 fully saturated rings. The van der Waals surface area contributed by atoms with Crippen molar-refractivity contribution in [2.75, 3.05) is 7.11 Å². The first-order chi connectivity index (χ1) is 67.7. The van der Waals surface area contributed by atoms with Crippen LogP contribution in [-0.2, 0) is 68.4 Å². The average Bonchev–Trinajstić information content (AvgIpc) is 0.847. The van der Waals surface area contributed by atoms with E-state index in [-0.39, 0.29) is 59.3 Å². The molecule has 0 radical (unpaired) electrons. The second kappa shape index (κ2) is 53.4. The number of ether oxygens (including phenoxy) is 6. The van der Waals surface area contributed by atoms with Gasteiger partial charge in [0.1, 0.15) is 63.4 Å². The van der Waals surface area contributed by atoms with E-state index in [0.717, 1.165) is 195 Å². The van der Waals surface area contributed by atoms with Crippen molar-refractivity contribution in [1.82, 2.24) is 0 Å². The van der Waals surface area contributed by atoms with Crippen molar-refractivity contribution in [2.24, 2.45) is 46.8 Å². The third kappa shape index (κ3) is 36.7. The van der Waals surface area contributed by atoms with Gasteiger partial charge in [0.25, 0.3) is 11.8 Å². The molecular weight excluding hydrogens is 1810 g/mol. The zero-order valence-electron chi connectivity index (χ0n) is 83.5. The van der Waals surface area contributed by atoms with Crippen LogP contribution in [0.5, 0.6) is 34.5 Å². The number of carbonyl (C=O) groups is 8. The molecule has 5 aliphatic carbocycles. The SMILES string of the molecule is COc1cccc(CC(=O)CC2CCC(Oc3ccc(C)cc3)CC2)c1.Cc1cccc(CC(=O)CC2CCC(Oc3ccc(C(F)(F)F)c(C(N)=O)c3)CC2)c1.Cc1cccc(CC(=O)CC2CCC(Oc3ccc(C(F)(F)F)c(C)c3)CC2)c1.Cc1cccc(CC(=O)CC2CCC(Oc3ccc(C)cc3C(N)=O)CC2)c1.Cc1cccc(CC(=O)CC2CCC(Oc3ccc(C)cc3C(N)=O)CC2)c1. The lowest BCUT2D eigenvalue weighted by atomic mass is 9.83. The highest BCUT2D eigenvalue weighted by Gasteiger charge is 2.37. The lowest BCUT2D eigenvalue weighted by Crippen LogP contribution is -2.26. The Balaban J connectivity index is 0.000000170. The number of primary amides is 3. The molecule has 5 aliphatic rings. The molecule has 0 unspecified atom stereocenters. The smallest absolute Gasteiger partial charge is 0.417 e. The van der Waals surface area contributed by atoms with Gasteiger partial charge in [-0.3, -0.25) is 38.4 Å². The summed E-state index contributed by atoms with van der Waals surface area (Å²) in [6.45, 7) is 15.5. The zero-order chi connectivity index (χ0) is 102. The van der Waals surface area contributed by atoms with Crippen LogP contribution in [0.25, 0.3) is 0 Å². The van der Waals surface area contributed by atoms with Crippen LogP contribution in [0.15, 0.2) is 218 Å². The highest BCUT2D eigenvalue weighted by Crippen LogP contribution is 2.41. The molecule has 0 atom stereocenters. The Bertz CT molecular complexity index is 5730. The van der Waals surface area contributed by atoms with Crippen LogP contribution in [0.3, 0.4) is 0 Å². The summed E-state index contributed by atoms with van der Waals surface area (Å²) in [4.78, 5) is 96.9. The molecule has 10 aromatic rings. The van der Waals surface area contributed by atoms with Crippen LogP contribution in [-0.4, -0.2) is 84.3 Å². The number of benzene rings is 10. The van der Waals surface area contributed by atoms with Crippen LogP contribution >= 0.6 is 0 Å². The first-order valence-corrected chi connectivity index (χ1v) is 50.1. The molecule has 10 aromatic carbocycles. The van der Waals surface area contributed by atoms with E-state index in [0.29, 0.717) is 146 Å². The van der Waals surface area contributed by atoms with E-state index in [1.165, 1.54) is 41.8 Å². The van der Waals surface area contributed by atoms with Gasteiger partial charge in [0, 0.05) is 64.2 Å². The Morgan fingerprint density at radius 2 is 0.521 bits per heavy atom. The predicted molar refractivity (Wildman–Crippen MR) is 543 cm³/mol. The molecule has 15 rings (SSSR count). The topological polar surface area (TPSA) is 270 Å². The molecule has 5 saturated carbocycles. The monoisotopic (exact) mass is 1950 g/mol. The Labute approximate surface area is 832 Å². The average molecular weight is 1950 g/mol. The number of alkyl halides is 6. The van der Waals surface area contributed by atoms with Gasteiger partial charge in [-0.25, -0.2) is 0 Å². The minimum Gasteiger partial charge on any atom is -0.497 e. The van der Waals surface area contributed by atoms with Gasteiger partial charge < -0.3 is 45.6 Å². The standard InChI is InChI=1S/C24H26F3NO3.C24H27F3O2.2C24H29NO3.C23H28O3/c1-15-3-2-4-17(11-15)13-18(29)12-16-5-7-19(8-6-16)31-20-9-10-22(24(25,26)27)21(14-20)23(28)30;1-16-4-3-5-19(12-16)15-20(28)14-18-6-8-21(9-7-18)29-22-10-11-23(17(2)13-22)24(25,26)27;2*1-16-4-3-5-19(12-16)15-20(26)14-18-7-9-21(10-8-18)28-23-11-6-17(2)13-22(23)24(25)27;1-17-6-10-21(11-7-17)26-22-12-8-18(9-13-22)14-20(24)15-19-4-3-5-23(16-19)25-2/h2-4,9-11,14,16,19H,5-8,12-13H2,1H3,(H2,28,30);3-5,10-13,18,21H,6-9,14-15H2,1-2H3;2*3-6,11-13,18,21H,7-10,14-15H2,1-2H3,(H2,25,27);3-7,10-11,16,18,22H,8-9,12-15H2,1-2H3. The normalized spacial score (nSPS) is 19.4. The third-order valence-electron chi connectivity index (χ3n) is 27.4. The summed E-state index contributed by atoms with van der Waals surface area (Å²) in [6, 6.07) is 66.4. The summed E-state index contributed by atoms with van der Waals surface area (Å²) < 4.78 is 113. The van der Waals surface area contributed by atoms with Crippen molar-refractivity contribution in [1.29, 1.82) is 0 Å². The fraction of sp³-hybridized carbons (Fsp3) is 0.429. The van der Waals surface area contributed by atoms with Crippen LogP contribution in [0.1, 0.15) is 275 Å². The number of nitrogens with two attached hydrogens (primary N) is 3. The highest BCUT2D eigenvalue weighted by molar-refractivity contribution is 5.97. The number of Topliss-reactive ketones (excluding diaryl/α,β-unsaturated/α-hetero) is 5. The minimum atomic E-state index is -4.66. The second-order valence-corrected chi connectivity index (χ2v) is 39.8. The molecule has 0 heterocycles. The maximum absolute atomic E-state index is 13.0. The predicted octanol–water partition coefficient (Wildman–Crippen LogP) is 25.9. The Morgan fingerprint density at radius 3 is 0.810 bits per heavy atom. The molecule has 0 bridgehead atoms. The molecule has 23 heteroatoms. The molecule has 142 heavy (non-hydrogen) atoms. The number of amides is 3. The van der Waals surface area contributed by atoms with Gasteiger partial charge >= 0.3 is 12.4 Å². The summed E-state index contributed by atoms with van der Waals surface area (Å²) in [5.41, 5.74) is 28.0. The van der Waals surface area contributed by atoms with E-state index >= 15 is 0 Å². The summed E-state index contributed by atoms with van der Waals surface area (Å²) in [7, 11) is 1.65. The van der Waals surface area contributed by atoms with E-state index in [1.807, 2.05) is 181 Å². The highest BCUT2D eigenvalue weighted by atomic mass is 19.4. The quantitative estimate of drug-likeness (QED) is 0.0317. The lowest BCUT2D eigenvalue weighted by Gasteiger charge is -2.29. The Morgan fingerprint density at radius 1 is 0.261 bits per heavy atom. The van der Waals surface area contributed by atoms with Crippen molar-refractivity contribution in [2.45, 2.75) is 291 Å². The van der Waals surface area contributed by atoms with Crippen molar-refractivity contribution in [3.8, 4) is 34.5 Å². The van der Waals surface area contributed by atoms with Crippen molar-refractivity contribution in [3.05, 3.63) is 319 Å². The molecular formula is C119H139F6N3O14. The van der Waals surface area contributed by atoms with E-state index in [2.05, 4.69) is 37.3 Å². The number of hydrogen-bond donors (Lipinski definition) is 3. The number of hydrogen-bond acceptors (Lipinski definition) is 14. The molecule has 6 N–H and O–H groups in total. The van der Waals surface area contributed by atoms with Crippen LogP contribution in [0.4, 0.5) is 26.3 Å². The first kappa shape index (κ1) is 110. The minimum absolute atomic E-state index is 0.00531. The summed E-state index contributed by atoms with van der Waals surface area (Å²) >= 11 is 0. The zero-order valence-corrected chi connectivity index (χ0v) is 83.5. The van der Waals surface area contributed by atoms with E-state index in [4.69, 9.17) is 45.6 Å². The van der Waals surface area contributed by atoms with Gasteiger partial charge in [-0.1, -0.05) is 172 Å². The van der Waals surface area contributed by atoms with Gasteiger partial charge in [-0.2, -0.15) is 26.3 Å². The van der Waals surface area contributed by atoms with Gasteiger partial charge in [-0.15, -0.1) is 0 Å². The molecule has 0 spiro atoms. The summed E-state index contributed by atoms with van der Waals surface area (Å²) in [6.07, 6.45) is 14.9. The molecule has 0 aliphatic heterocycles. The van der Waals surface area contributed by atoms with E-state index in [1.54, 1.807) is 19.2 Å². The summed E-state index contributed by atoms with van der Waals surface area (Å²) in [5.74, 6) is 4.89. The third-order valence-corrected chi connectivity index (χ3v) is 27.4. The fourth-order valence-corrected chi connectivity index (χ4v) is 20.0. The number of halogens is 6. The molecule has 17 nitrogen and oxygen atoms in total. The maximum atomic E-state index is 13.0. The molecule has 756 valence electrons. The van der Waals surface area contributed by atoms with Crippen LogP contribution < -0.4 is 45.6 Å². The Kier molecular flexibility index (Phi) is 41.3.